The van der Waals surface area contributed by atoms with Crippen LogP contribution in [0.2, 0.25) is 0 Å². The van der Waals surface area contributed by atoms with E-state index >= 15 is 0 Å². The molecule has 2 aliphatic heterocycles. The van der Waals surface area contributed by atoms with E-state index in [9.17, 15) is 29.4 Å². The average Bonchev–Trinajstić information content (AvgIpc) is 3.36. The number of H-pyrrole nitrogens is 2. The van der Waals surface area contributed by atoms with Crippen LogP contribution in [0.4, 0.5) is 0 Å². The van der Waals surface area contributed by atoms with E-state index in [4.69, 9.17) is 9.47 Å². The van der Waals surface area contributed by atoms with Gasteiger partial charge in [0.1, 0.15) is 0 Å². The molecule has 4 heterocycles. The molecule has 0 saturated carbocycles. The number of nitrogens with zero attached hydrogens (tertiary/aromatic N) is 2. The molecule has 0 spiro atoms. The van der Waals surface area contributed by atoms with Gasteiger partial charge < -0.3 is 19.7 Å². The van der Waals surface area contributed by atoms with Crippen molar-refractivity contribution in [3.63, 3.8) is 0 Å². The molecule has 4 N–H and O–H groups in total. The Kier molecular flexibility index (Phi) is 7.07. The Morgan fingerprint density at radius 1 is 0.812 bits per heavy atom. The Bertz CT molecular complexity index is 1090. The summed E-state index contributed by atoms with van der Waals surface area (Å²) in [7, 11) is 2.83. The molecular formula is C18H22N4O8S2. The topological polar surface area (TPSA) is 169 Å². The van der Waals surface area contributed by atoms with Crippen molar-refractivity contribution in [2.75, 3.05) is 13.2 Å². The molecule has 2 fully saturated rings. The van der Waals surface area contributed by atoms with Crippen molar-refractivity contribution >= 4 is 21.6 Å². The lowest BCUT2D eigenvalue weighted by Crippen LogP contribution is -2.35. The van der Waals surface area contributed by atoms with Crippen LogP contribution in [0.5, 0.6) is 0 Å². The second-order valence-corrected chi connectivity index (χ2v) is 10.2. The zero-order chi connectivity index (χ0) is 22.8. The van der Waals surface area contributed by atoms with Crippen LogP contribution in [0.1, 0.15) is 25.3 Å². The molecule has 6 atom stereocenters. The molecule has 4 rings (SSSR count). The molecule has 14 heteroatoms. The molecule has 0 bridgehead atoms. The van der Waals surface area contributed by atoms with Gasteiger partial charge in [-0.05, 0) is 12.8 Å². The Hall–Kier alpha value is -2.10. The highest BCUT2D eigenvalue weighted by molar-refractivity contribution is 8.77. The van der Waals surface area contributed by atoms with Crippen LogP contribution < -0.4 is 22.5 Å². The summed E-state index contributed by atoms with van der Waals surface area (Å²) in [5.41, 5.74) is -2.26. The van der Waals surface area contributed by atoms with E-state index < -0.39 is 47.2 Å². The number of hydrogen-bond acceptors (Lipinski definition) is 10. The maximum absolute atomic E-state index is 12.2. The maximum Gasteiger partial charge on any atom is 0.330 e. The van der Waals surface area contributed by atoms with Crippen LogP contribution in [0, 0.1) is 0 Å². The van der Waals surface area contributed by atoms with Crippen molar-refractivity contribution < 1.29 is 19.7 Å². The van der Waals surface area contributed by atoms with E-state index in [2.05, 4.69) is 9.97 Å². The fourth-order valence-electron chi connectivity index (χ4n) is 3.73. The van der Waals surface area contributed by atoms with E-state index in [-0.39, 0.29) is 23.7 Å². The third-order valence-corrected chi connectivity index (χ3v) is 8.52. The molecule has 2 saturated heterocycles. The number of ether oxygens (including phenoxy) is 2. The molecule has 0 aromatic carbocycles. The van der Waals surface area contributed by atoms with Gasteiger partial charge in [-0.25, -0.2) is 9.59 Å². The van der Waals surface area contributed by atoms with Gasteiger partial charge >= 0.3 is 11.4 Å². The molecule has 2 aliphatic rings. The molecule has 32 heavy (non-hydrogen) atoms. The SMILES string of the molecule is O=c1ccn([C@@H]2O[C@H](CO)CC2SSC2C[C@@H](CO)O[C@H]2n2ccc(=O)[nH]c2=O)c(=O)[nH]1. The second-order valence-electron chi connectivity index (χ2n) is 7.44. The van der Waals surface area contributed by atoms with E-state index in [0.29, 0.717) is 12.8 Å². The molecule has 0 amide bonds. The van der Waals surface area contributed by atoms with Gasteiger partial charge in [0.25, 0.3) is 11.1 Å². The van der Waals surface area contributed by atoms with E-state index in [1.54, 1.807) is 0 Å². The number of aliphatic hydroxyl groups excluding tert-OH is 2. The van der Waals surface area contributed by atoms with Crippen molar-refractivity contribution in [2.45, 2.75) is 48.0 Å². The van der Waals surface area contributed by atoms with Crippen LogP contribution >= 0.6 is 21.6 Å². The van der Waals surface area contributed by atoms with Gasteiger partial charge in [0, 0.05) is 24.5 Å². The Morgan fingerprint density at radius 2 is 1.22 bits per heavy atom. The minimum atomic E-state index is -0.709. The van der Waals surface area contributed by atoms with Crippen LogP contribution in [0.3, 0.4) is 0 Å². The first-order valence-electron chi connectivity index (χ1n) is 9.87. The monoisotopic (exact) mass is 486 g/mol. The summed E-state index contributed by atoms with van der Waals surface area (Å²) in [4.78, 5) is 51.7. The summed E-state index contributed by atoms with van der Waals surface area (Å²) in [5.74, 6) is 0. The second kappa shape index (κ2) is 9.80. The number of nitrogens with one attached hydrogen (secondary N) is 2. The fourth-order valence-corrected chi connectivity index (χ4v) is 7.08. The number of aromatic nitrogens is 4. The quantitative estimate of drug-likeness (QED) is 0.348. The molecule has 174 valence electrons. The first-order chi connectivity index (χ1) is 15.4. The lowest BCUT2D eigenvalue weighted by molar-refractivity contribution is -0.0236. The first kappa shape index (κ1) is 23.1. The molecule has 0 aliphatic carbocycles. The highest BCUT2D eigenvalue weighted by Gasteiger charge is 2.41. The highest BCUT2D eigenvalue weighted by atomic mass is 33.1. The summed E-state index contributed by atoms with van der Waals surface area (Å²) in [6.07, 6.45) is 1.27. The summed E-state index contributed by atoms with van der Waals surface area (Å²) >= 11 is 0. The Morgan fingerprint density at radius 3 is 1.56 bits per heavy atom. The third kappa shape index (κ3) is 4.79. The molecule has 12 nitrogen and oxygen atoms in total. The lowest BCUT2D eigenvalue weighted by Gasteiger charge is -2.23. The zero-order valence-electron chi connectivity index (χ0n) is 16.7. The van der Waals surface area contributed by atoms with Crippen molar-refractivity contribution in [1.29, 1.82) is 0 Å². The maximum atomic E-state index is 12.2. The van der Waals surface area contributed by atoms with Crippen LogP contribution in [0.15, 0.2) is 43.7 Å². The average molecular weight is 487 g/mol. The highest BCUT2D eigenvalue weighted by Crippen LogP contribution is 2.48. The van der Waals surface area contributed by atoms with E-state index in [0.717, 1.165) is 0 Å². The van der Waals surface area contributed by atoms with Gasteiger partial charge in [-0.2, -0.15) is 0 Å². The minimum absolute atomic E-state index is 0.217. The normalized spacial score (nSPS) is 30.1. The summed E-state index contributed by atoms with van der Waals surface area (Å²) in [6.45, 7) is -0.435. The Labute approximate surface area is 188 Å². The molecular weight excluding hydrogens is 464 g/mol. The summed E-state index contributed by atoms with van der Waals surface area (Å²) in [6, 6.07) is 2.45. The smallest absolute Gasteiger partial charge is 0.330 e. The Balaban J connectivity index is 1.54. The molecule has 0 radical (unpaired) electrons. The van der Waals surface area contributed by atoms with Gasteiger partial charge in [-0.1, -0.05) is 21.6 Å². The van der Waals surface area contributed by atoms with Crippen molar-refractivity contribution in [2.24, 2.45) is 0 Å². The van der Waals surface area contributed by atoms with Crippen LogP contribution in [-0.2, 0) is 9.47 Å². The first-order valence-corrected chi connectivity index (χ1v) is 12.1. The van der Waals surface area contributed by atoms with Crippen LogP contribution in [-0.4, -0.2) is 65.2 Å². The lowest BCUT2D eigenvalue weighted by atomic mass is 10.2. The van der Waals surface area contributed by atoms with Gasteiger partial charge in [-0.3, -0.25) is 28.7 Å². The standard InChI is InChI=1S/C18H22N4O8S2/c23-7-9-5-11(15(29-9)21-3-1-13(25)19-17(21)27)31-32-12-6-10(8-24)30-16(12)22-4-2-14(26)20-18(22)28/h1-4,9-12,15-16,23-24H,5-8H2,(H,19,25,27)(H,20,26,28)/t9-,10-,11?,12?,15+,16+/m0/s1. The fraction of sp³-hybridized carbons (Fsp3) is 0.556. The number of aliphatic hydroxyl groups is 2. The summed E-state index contributed by atoms with van der Waals surface area (Å²) < 4.78 is 14.2. The minimum Gasteiger partial charge on any atom is -0.394 e. The number of aromatic amines is 2. The van der Waals surface area contributed by atoms with Crippen molar-refractivity contribution in [3.8, 4) is 0 Å². The third-order valence-electron chi connectivity index (χ3n) is 5.25. The van der Waals surface area contributed by atoms with Crippen molar-refractivity contribution in [3.05, 3.63) is 66.2 Å². The van der Waals surface area contributed by atoms with Gasteiger partial charge in [0.15, 0.2) is 12.5 Å². The predicted octanol–water partition coefficient (Wildman–Crippen LogP) is -1.23. The predicted molar refractivity (Wildman–Crippen MR) is 117 cm³/mol. The molecule has 2 aromatic heterocycles. The zero-order valence-corrected chi connectivity index (χ0v) is 18.3. The van der Waals surface area contributed by atoms with E-state index in [1.165, 1.54) is 55.2 Å². The van der Waals surface area contributed by atoms with Gasteiger partial charge in [-0.15, -0.1) is 0 Å². The van der Waals surface area contributed by atoms with Gasteiger partial charge in [0.2, 0.25) is 0 Å². The molecule has 2 unspecified atom stereocenters. The number of hydrogen-bond donors (Lipinski definition) is 4. The largest absolute Gasteiger partial charge is 0.394 e. The number of rotatable bonds is 7. The van der Waals surface area contributed by atoms with Crippen molar-refractivity contribution in [1.82, 2.24) is 19.1 Å². The molecule has 2 aromatic rings. The summed E-state index contributed by atoms with van der Waals surface area (Å²) in [5, 5.41) is 18.6. The van der Waals surface area contributed by atoms with Crippen LogP contribution in [0.25, 0.3) is 0 Å². The van der Waals surface area contributed by atoms with Gasteiger partial charge in [0.05, 0.1) is 35.9 Å². The van der Waals surface area contributed by atoms with E-state index in [1.807, 2.05) is 0 Å².